The first kappa shape index (κ1) is 13.4. The molecule has 2 aromatic rings. The van der Waals surface area contributed by atoms with Crippen molar-refractivity contribution in [3.05, 3.63) is 45.4 Å². The Labute approximate surface area is 117 Å². The molecule has 0 saturated heterocycles. The second-order valence-electron chi connectivity index (χ2n) is 4.04. The fourth-order valence-electron chi connectivity index (χ4n) is 1.66. The van der Waals surface area contributed by atoms with Crippen LogP contribution in [0, 0.1) is 6.92 Å². The summed E-state index contributed by atoms with van der Waals surface area (Å²) in [4.78, 5) is 6.98. The fourth-order valence-corrected chi connectivity index (χ4v) is 2.73. The summed E-state index contributed by atoms with van der Waals surface area (Å²) in [6.45, 7) is 4.69. The lowest BCUT2D eigenvalue weighted by atomic mass is 10.3. The molecule has 0 aliphatic rings. The predicted molar refractivity (Wildman–Crippen MR) is 76.6 cm³/mol. The van der Waals surface area contributed by atoms with Crippen molar-refractivity contribution >= 4 is 22.9 Å². The molecule has 18 heavy (non-hydrogen) atoms. The molecular weight excluding hydrogens is 266 g/mol. The third kappa shape index (κ3) is 3.24. The Morgan fingerprint density at radius 2 is 2.00 bits per heavy atom. The van der Waals surface area contributed by atoms with Crippen molar-refractivity contribution in [3.63, 3.8) is 0 Å². The number of hydrogen-bond acceptors (Lipinski definition) is 3. The lowest BCUT2D eigenvalue weighted by molar-refractivity contribution is 0.305. The van der Waals surface area contributed by atoms with Crippen molar-refractivity contribution in [2.45, 2.75) is 32.8 Å². The zero-order valence-corrected chi connectivity index (χ0v) is 12.1. The Hall–Kier alpha value is -1.06. The van der Waals surface area contributed by atoms with E-state index in [1.807, 2.05) is 19.1 Å². The highest BCUT2D eigenvalue weighted by Gasteiger charge is 2.06. The molecule has 0 fully saturated rings. The highest BCUT2D eigenvalue weighted by Crippen LogP contribution is 2.22. The Kier molecular flexibility index (Phi) is 4.61. The van der Waals surface area contributed by atoms with Gasteiger partial charge in [-0.3, -0.25) is 4.98 Å². The van der Waals surface area contributed by atoms with Crippen LogP contribution in [0.2, 0.25) is 0 Å². The van der Waals surface area contributed by atoms with Crippen LogP contribution in [0.3, 0.4) is 0 Å². The van der Waals surface area contributed by atoms with Crippen LogP contribution < -0.4 is 4.74 Å². The van der Waals surface area contributed by atoms with E-state index in [1.54, 1.807) is 11.3 Å². The summed E-state index contributed by atoms with van der Waals surface area (Å²) in [5.41, 5.74) is 1.77. The highest BCUT2D eigenvalue weighted by atomic mass is 35.5. The van der Waals surface area contributed by atoms with Crippen LogP contribution in [0.4, 0.5) is 0 Å². The molecule has 0 aliphatic carbocycles. The Morgan fingerprint density at radius 3 is 2.67 bits per heavy atom. The monoisotopic (exact) mass is 281 g/mol. The summed E-state index contributed by atoms with van der Waals surface area (Å²) < 4.78 is 5.79. The van der Waals surface area contributed by atoms with Crippen LogP contribution in [0.15, 0.2) is 24.3 Å². The molecule has 2 heterocycles. The predicted octanol–water partition coefficient (Wildman–Crippen LogP) is 4.33. The molecule has 0 unspecified atom stereocenters. The smallest absolute Gasteiger partial charge is 0.142 e. The number of thiophene rings is 1. The molecular formula is C14H16ClNOS. The van der Waals surface area contributed by atoms with E-state index in [2.05, 4.69) is 24.0 Å². The zero-order chi connectivity index (χ0) is 13.0. The minimum absolute atomic E-state index is 0.377. The summed E-state index contributed by atoms with van der Waals surface area (Å²) in [5.74, 6) is 1.16. The molecule has 0 amide bonds. The van der Waals surface area contributed by atoms with Gasteiger partial charge in [0.1, 0.15) is 12.4 Å². The third-order valence-corrected chi connectivity index (χ3v) is 4.09. The maximum atomic E-state index is 5.87. The van der Waals surface area contributed by atoms with E-state index in [0.29, 0.717) is 12.5 Å². The van der Waals surface area contributed by atoms with Crippen molar-refractivity contribution in [3.8, 4) is 5.75 Å². The summed E-state index contributed by atoms with van der Waals surface area (Å²) in [7, 11) is 0. The lowest BCUT2D eigenvalue weighted by Crippen LogP contribution is -1.99. The first-order chi connectivity index (χ1) is 8.72. The van der Waals surface area contributed by atoms with E-state index in [0.717, 1.165) is 23.6 Å². The Bertz CT molecular complexity index is 524. The lowest BCUT2D eigenvalue weighted by Gasteiger charge is -2.08. The van der Waals surface area contributed by atoms with Crippen LogP contribution in [-0.4, -0.2) is 4.98 Å². The number of rotatable bonds is 5. The van der Waals surface area contributed by atoms with Gasteiger partial charge in [0, 0.05) is 15.4 Å². The van der Waals surface area contributed by atoms with Gasteiger partial charge < -0.3 is 4.74 Å². The number of pyridine rings is 1. The van der Waals surface area contributed by atoms with Crippen molar-refractivity contribution in [2.24, 2.45) is 0 Å². The van der Waals surface area contributed by atoms with Gasteiger partial charge in [0.25, 0.3) is 0 Å². The van der Waals surface area contributed by atoms with Crippen molar-refractivity contribution in [2.75, 3.05) is 0 Å². The molecule has 2 rings (SSSR count). The molecule has 0 aliphatic heterocycles. The topological polar surface area (TPSA) is 22.1 Å². The second-order valence-corrected chi connectivity index (χ2v) is 5.56. The van der Waals surface area contributed by atoms with E-state index in [1.165, 1.54) is 9.75 Å². The maximum Gasteiger partial charge on any atom is 0.142 e. The largest absolute Gasteiger partial charge is 0.486 e. The van der Waals surface area contributed by atoms with Crippen LogP contribution in [0.5, 0.6) is 5.75 Å². The van der Waals surface area contributed by atoms with E-state index >= 15 is 0 Å². The minimum atomic E-state index is 0.377. The minimum Gasteiger partial charge on any atom is -0.486 e. The molecule has 0 N–H and O–H groups in total. The van der Waals surface area contributed by atoms with Gasteiger partial charge in [-0.05, 0) is 37.6 Å². The first-order valence-corrected chi connectivity index (χ1v) is 7.31. The fraction of sp³-hybridized carbons (Fsp3) is 0.357. The third-order valence-electron chi connectivity index (χ3n) is 2.63. The van der Waals surface area contributed by atoms with E-state index in [9.17, 15) is 0 Å². The standard InChI is InChI=1S/C14H16ClNOS/c1-3-11-5-6-12(18-11)9-17-14-7-4-10(2)16-13(14)8-15/h4-7H,3,8-9H2,1-2H3. The molecule has 2 nitrogen and oxygen atoms in total. The summed E-state index contributed by atoms with van der Waals surface area (Å²) in [5, 5.41) is 0. The normalized spacial score (nSPS) is 10.6. The number of alkyl halides is 1. The SMILES string of the molecule is CCc1ccc(COc2ccc(C)nc2CCl)s1. The number of aromatic nitrogens is 1. The Morgan fingerprint density at radius 1 is 1.22 bits per heavy atom. The van der Waals surface area contributed by atoms with Gasteiger partial charge in [0.05, 0.1) is 11.6 Å². The summed E-state index contributed by atoms with van der Waals surface area (Å²) >= 11 is 7.66. The molecule has 0 bridgehead atoms. The van der Waals surface area contributed by atoms with E-state index in [4.69, 9.17) is 16.3 Å². The van der Waals surface area contributed by atoms with Crippen LogP contribution in [0.25, 0.3) is 0 Å². The van der Waals surface area contributed by atoms with Gasteiger partial charge in [-0.1, -0.05) is 6.92 Å². The average molecular weight is 282 g/mol. The van der Waals surface area contributed by atoms with Crippen LogP contribution in [-0.2, 0) is 18.9 Å². The van der Waals surface area contributed by atoms with Crippen molar-refractivity contribution < 1.29 is 4.74 Å². The number of nitrogens with zero attached hydrogens (tertiary/aromatic N) is 1. The molecule has 0 radical (unpaired) electrons. The first-order valence-electron chi connectivity index (χ1n) is 5.95. The van der Waals surface area contributed by atoms with Gasteiger partial charge in [-0.15, -0.1) is 22.9 Å². The zero-order valence-electron chi connectivity index (χ0n) is 10.6. The molecule has 2 aromatic heterocycles. The number of hydrogen-bond donors (Lipinski definition) is 0. The highest BCUT2D eigenvalue weighted by molar-refractivity contribution is 7.11. The van der Waals surface area contributed by atoms with Crippen LogP contribution >= 0.6 is 22.9 Å². The van der Waals surface area contributed by atoms with Crippen molar-refractivity contribution in [1.82, 2.24) is 4.98 Å². The quantitative estimate of drug-likeness (QED) is 0.761. The second kappa shape index (κ2) is 6.21. The summed E-state index contributed by atoms with van der Waals surface area (Å²) in [6.07, 6.45) is 1.07. The van der Waals surface area contributed by atoms with E-state index < -0.39 is 0 Å². The maximum absolute atomic E-state index is 5.87. The van der Waals surface area contributed by atoms with Crippen molar-refractivity contribution in [1.29, 1.82) is 0 Å². The number of aryl methyl sites for hydroxylation is 2. The van der Waals surface area contributed by atoms with E-state index in [-0.39, 0.29) is 0 Å². The molecule has 96 valence electrons. The van der Waals surface area contributed by atoms with Gasteiger partial charge in [0.2, 0.25) is 0 Å². The molecule has 0 saturated carbocycles. The molecule has 0 aromatic carbocycles. The van der Waals surface area contributed by atoms with Gasteiger partial charge in [-0.2, -0.15) is 0 Å². The molecule has 0 atom stereocenters. The number of ether oxygens (including phenoxy) is 1. The van der Waals surface area contributed by atoms with Gasteiger partial charge in [-0.25, -0.2) is 0 Å². The van der Waals surface area contributed by atoms with Gasteiger partial charge >= 0.3 is 0 Å². The Balaban J connectivity index is 2.05. The average Bonchev–Trinajstić information content (AvgIpc) is 2.85. The molecule has 0 spiro atoms. The number of halogens is 1. The molecule has 4 heteroatoms. The van der Waals surface area contributed by atoms with Gasteiger partial charge in [0.15, 0.2) is 0 Å². The summed E-state index contributed by atoms with van der Waals surface area (Å²) in [6, 6.07) is 8.15. The van der Waals surface area contributed by atoms with Crippen LogP contribution in [0.1, 0.15) is 28.1 Å².